The van der Waals surface area contributed by atoms with Gasteiger partial charge in [0.15, 0.2) is 0 Å². The summed E-state index contributed by atoms with van der Waals surface area (Å²) in [6.07, 6.45) is 4.12. The molecule has 0 N–H and O–H groups in total. The molecule has 1 spiro atoms. The van der Waals surface area contributed by atoms with Crippen molar-refractivity contribution in [3.05, 3.63) is 24.3 Å². The summed E-state index contributed by atoms with van der Waals surface area (Å²) < 4.78 is 11.4. The Morgan fingerprint density at radius 3 is 3.11 bits per heavy atom. The van der Waals surface area contributed by atoms with Gasteiger partial charge in [0, 0.05) is 0 Å². The van der Waals surface area contributed by atoms with Gasteiger partial charge in [0.05, 0.1) is 5.69 Å². The molecule has 0 radical (unpaired) electrons. The molecule has 1 aromatic rings. The lowest BCUT2D eigenvalue weighted by Crippen LogP contribution is -2.61. The third-order valence-electron chi connectivity index (χ3n) is 4.37. The predicted octanol–water partition coefficient (Wildman–Crippen LogP) is 2.72. The molecule has 1 saturated carbocycles. The summed E-state index contributed by atoms with van der Waals surface area (Å²) in [4.78, 5) is 13.9. The van der Waals surface area contributed by atoms with Crippen molar-refractivity contribution in [2.75, 3.05) is 11.5 Å². The highest BCUT2D eigenvalue weighted by molar-refractivity contribution is 5.94. The minimum absolute atomic E-state index is 0.0765. The average Bonchev–Trinajstić information content (AvgIpc) is 2.74. The maximum Gasteiger partial charge on any atom is 0.415 e. The molecule has 0 aromatic heterocycles. The van der Waals surface area contributed by atoms with Gasteiger partial charge in [-0.2, -0.15) is 0 Å². The lowest BCUT2D eigenvalue weighted by molar-refractivity contribution is 0.0471. The van der Waals surface area contributed by atoms with Gasteiger partial charge in [-0.05, 0) is 31.4 Å². The van der Waals surface area contributed by atoms with E-state index in [4.69, 9.17) is 9.47 Å². The molecule has 1 saturated heterocycles. The first-order valence-corrected chi connectivity index (χ1v) is 6.54. The van der Waals surface area contributed by atoms with Crippen LogP contribution >= 0.6 is 0 Å². The van der Waals surface area contributed by atoms with Crippen LogP contribution in [0, 0.1) is 0 Å². The van der Waals surface area contributed by atoms with Crippen LogP contribution < -0.4 is 9.64 Å². The molecule has 1 aromatic carbocycles. The first-order valence-electron chi connectivity index (χ1n) is 6.54. The van der Waals surface area contributed by atoms with E-state index < -0.39 is 0 Å². The molecule has 18 heavy (non-hydrogen) atoms. The number of hydrogen-bond acceptors (Lipinski definition) is 3. The van der Waals surface area contributed by atoms with Gasteiger partial charge < -0.3 is 9.47 Å². The van der Waals surface area contributed by atoms with Crippen molar-refractivity contribution in [1.29, 1.82) is 0 Å². The Morgan fingerprint density at radius 2 is 2.17 bits per heavy atom. The van der Waals surface area contributed by atoms with E-state index in [1.165, 1.54) is 0 Å². The lowest BCUT2D eigenvalue weighted by atomic mass is 9.77. The van der Waals surface area contributed by atoms with Crippen molar-refractivity contribution in [1.82, 2.24) is 0 Å². The second-order valence-corrected chi connectivity index (χ2v) is 5.31. The molecule has 2 aliphatic heterocycles. The fourth-order valence-electron chi connectivity index (χ4n) is 3.51. The van der Waals surface area contributed by atoms with Gasteiger partial charge in [-0.25, -0.2) is 4.79 Å². The molecule has 94 valence electrons. The Kier molecular flexibility index (Phi) is 1.93. The third-order valence-corrected chi connectivity index (χ3v) is 4.37. The van der Waals surface area contributed by atoms with E-state index >= 15 is 0 Å². The molecule has 1 aliphatic carbocycles. The summed E-state index contributed by atoms with van der Waals surface area (Å²) in [7, 11) is 0. The molecule has 2 fully saturated rings. The second kappa shape index (κ2) is 3.40. The van der Waals surface area contributed by atoms with E-state index in [0.717, 1.165) is 37.1 Å². The molecule has 2 heterocycles. The summed E-state index contributed by atoms with van der Waals surface area (Å²) in [5.41, 5.74) is 0.599. The molecule has 0 unspecified atom stereocenters. The van der Waals surface area contributed by atoms with Crippen molar-refractivity contribution < 1.29 is 14.3 Å². The average molecular weight is 245 g/mol. The molecule has 4 heteroatoms. The molecule has 0 bridgehead atoms. The van der Waals surface area contributed by atoms with Crippen LogP contribution in [0.15, 0.2) is 24.3 Å². The maximum atomic E-state index is 12.1. The fraction of sp³-hybridized carbons (Fsp3) is 0.500. The zero-order valence-corrected chi connectivity index (χ0v) is 10.1. The fourth-order valence-corrected chi connectivity index (χ4v) is 3.51. The monoisotopic (exact) mass is 245 g/mol. The Bertz CT molecular complexity index is 516. The molecule has 3 aliphatic rings. The van der Waals surface area contributed by atoms with E-state index in [-0.39, 0.29) is 17.7 Å². The van der Waals surface area contributed by atoms with Gasteiger partial charge in [0.2, 0.25) is 0 Å². The van der Waals surface area contributed by atoms with E-state index in [2.05, 4.69) is 0 Å². The number of carbonyl (C=O) groups excluding carboxylic acids is 1. The van der Waals surface area contributed by atoms with Crippen LogP contribution in [-0.4, -0.2) is 24.3 Å². The van der Waals surface area contributed by atoms with Crippen LogP contribution in [-0.2, 0) is 4.74 Å². The van der Waals surface area contributed by atoms with E-state index in [1.807, 2.05) is 29.2 Å². The van der Waals surface area contributed by atoms with Crippen molar-refractivity contribution in [2.45, 2.75) is 37.3 Å². The van der Waals surface area contributed by atoms with E-state index in [9.17, 15) is 4.79 Å². The van der Waals surface area contributed by atoms with Gasteiger partial charge in [0.1, 0.15) is 24.0 Å². The highest BCUT2D eigenvalue weighted by atomic mass is 16.6. The maximum absolute atomic E-state index is 12.1. The van der Waals surface area contributed by atoms with Crippen LogP contribution in [0.4, 0.5) is 10.5 Å². The molecule has 4 nitrogen and oxygen atoms in total. The number of anilines is 1. The smallest absolute Gasteiger partial charge is 0.415 e. The standard InChI is InChI=1S/C14H15NO3/c16-13-15-10-5-1-2-6-11(10)18-12-7-3-4-8-14(12,15)9-17-13/h1-2,5-6,12H,3-4,7-9H2/t12-,14-/m0/s1. The van der Waals surface area contributed by atoms with Crippen LogP contribution in [0.2, 0.25) is 0 Å². The predicted molar refractivity (Wildman–Crippen MR) is 65.9 cm³/mol. The Hall–Kier alpha value is -1.71. The molecule has 4 rings (SSSR count). The summed E-state index contributed by atoms with van der Waals surface area (Å²) in [5.74, 6) is 0.805. The summed E-state index contributed by atoms with van der Waals surface area (Å²) in [6, 6.07) is 7.74. The Labute approximate surface area is 105 Å². The number of benzene rings is 1. The number of cyclic esters (lactones) is 1. The van der Waals surface area contributed by atoms with Crippen molar-refractivity contribution >= 4 is 11.8 Å². The minimum atomic E-state index is -0.260. The number of rotatable bonds is 0. The largest absolute Gasteiger partial charge is 0.486 e. The first kappa shape index (κ1) is 10.2. The number of fused-ring (bicyclic) bond motifs is 2. The first-order chi connectivity index (χ1) is 8.81. The van der Waals surface area contributed by atoms with Gasteiger partial charge >= 0.3 is 6.09 Å². The quantitative estimate of drug-likeness (QED) is 0.705. The number of amides is 1. The van der Waals surface area contributed by atoms with Gasteiger partial charge in [-0.1, -0.05) is 18.6 Å². The van der Waals surface area contributed by atoms with Crippen LogP contribution in [0.5, 0.6) is 5.75 Å². The highest BCUT2D eigenvalue weighted by Gasteiger charge is 2.58. The zero-order valence-electron chi connectivity index (χ0n) is 10.1. The number of hydrogen-bond donors (Lipinski definition) is 0. The number of para-hydroxylation sites is 2. The van der Waals surface area contributed by atoms with Crippen LogP contribution in [0.25, 0.3) is 0 Å². The number of nitrogens with zero attached hydrogens (tertiary/aromatic N) is 1. The van der Waals surface area contributed by atoms with Crippen molar-refractivity contribution in [3.63, 3.8) is 0 Å². The molecular formula is C14H15NO3. The SMILES string of the molecule is O=C1OC[C@@]23CCCC[C@@H]2Oc2ccccc2N13. The third kappa shape index (κ3) is 1.13. The topological polar surface area (TPSA) is 38.8 Å². The van der Waals surface area contributed by atoms with Gasteiger partial charge in [-0.15, -0.1) is 0 Å². The summed E-state index contributed by atoms with van der Waals surface area (Å²) >= 11 is 0. The Balaban J connectivity index is 1.90. The van der Waals surface area contributed by atoms with E-state index in [1.54, 1.807) is 0 Å². The summed E-state index contributed by atoms with van der Waals surface area (Å²) in [5, 5.41) is 0. The normalized spacial score (nSPS) is 33.0. The number of carbonyl (C=O) groups is 1. The molecular weight excluding hydrogens is 230 g/mol. The zero-order chi connectivity index (χ0) is 12.2. The minimum Gasteiger partial charge on any atom is -0.486 e. The van der Waals surface area contributed by atoms with Crippen molar-refractivity contribution in [3.8, 4) is 5.75 Å². The van der Waals surface area contributed by atoms with Crippen molar-refractivity contribution in [2.24, 2.45) is 0 Å². The van der Waals surface area contributed by atoms with E-state index in [0.29, 0.717) is 6.61 Å². The van der Waals surface area contributed by atoms with Gasteiger partial charge in [-0.3, -0.25) is 4.90 Å². The lowest BCUT2D eigenvalue weighted by Gasteiger charge is -2.48. The molecule has 2 atom stereocenters. The Morgan fingerprint density at radius 1 is 1.28 bits per heavy atom. The van der Waals surface area contributed by atoms with Crippen LogP contribution in [0.3, 0.4) is 0 Å². The highest BCUT2D eigenvalue weighted by Crippen LogP contribution is 2.49. The molecule has 1 amide bonds. The second-order valence-electron chi connectivity index (χ2n) is 5.31. The van der Waals surface area contributed by atoms with Gasteiger partial charge in [0.25, 0.3) is 0 Å². The number of ether oxygens (including phenoxy) is 2. The summed E-state index contributed by atoms with van der Waals surface area (Å²) in [6.45, 7) is 0.463. The van der Waals surface area contributed by atoms with Crippen LogP contribution in [0.1, 0.15) is 25.7 Å².